The minimum atomic E-state index is -0.994. The summed E-state index contributed by atoms with van der Waals surface area (Å²) in [6.45, 7) is 1.97. The molecule has 15 heavy (non-hydrogen) atoms. The fourth-order valence-corrected chi connectivity index (χ4v) is 1.16. The molecule has 0 fully saturated rings. The van der Waals surface area contributed by atoms with Gasteiger partial charge in [0.15, 0.2) is 0 Å². The lowest BCUT2D eigenvalue weighted by Crippen LogP contribution is -2.12. The van der Waals surface area contributed by atoms with E-state index in [1.54, 1.807) is 13.0 Å². The lowest BCUT2D eigenvalue weighted by molar-refractivity contribution is -0.145. The van der Waals surface area contributed by atoms with Crippen molar-refractivity contribution < 1.29 is 14.6 Å². The Morgan fingerprint density at radius 3 is 3.00 bits per heavy atom. The van der Waals surface area contributed by atoms with Gasteiger partial charge in [-0.1, -0.05) is 0 Å². The molecule has 0 aliphatic carbocycles. The van der Waals surface area contributed by atoms with E-state index in [2.05, 4.69) is 9.72 Å². The monoisotopic (exact) mass is 211 g/mol. The summed E-state index contributed by atoms with van der Waals surface area (Å²) in [6.07, 6.45) is 0.287. The highest BCUT2D eigenvalue weighted by molar-refractivity contribution is 5.70. The van der Waals surface area contributed by atoms with Crippen LogP contribution in [0.2, 0.25) is 0 Å². The fourth-order valence-electron chi connectivity index (χ4n) is 1.16. The van der Waals surface area contributed by atoms with Gasteiger partial charge in [0, 0.05) is 12.3 Å². The molecular formula is C10H13NO4. The summed E-state index contributed by atoms with van der Waals surface area (Å²) >= 11 is 0. The number of carbonyl (C=O) groups excluding carboxylic acids is 1. The number of esters is 1. The number of rotatable bonds is 4. The Bertz CT molecular complexity index is 385. The Morgan fingerprint density at radius 1 is 1.67 bits per heavy atom. The van der Waals surface area contributed by atoms with Crippen LogP contribution in [0.15, 0.2) is 23.1 Å². The van der Waals surface area contributed by atoms with Gasteiger partial charge in [-0.25, -0.2) is 0 Å². The average Bonchev–Trinajstić information content (AvgIpc) is 2.18. The molecule has 0 bridgehead atoms. The Hall–Kier alpha value is -1.62. The summed E-state index contributed by atoms with van der Waals surface area (Å²) in [5.74, 6) is -0.481. The van der Waals surface area contributed by atoms with Gasteiger partial charge in [0.05, 0.1) is 19.1 Å². The molecule has 1 aromatic heterocycles. The van der Waals surface area contributed by atoms with Crippen LogP contribution in [0.4, 0.5) is 0 Å². The summed E-state index contributed by atoms with van der Waals surface area (Å²) in [6, 6.07) is 2.80. The summed E-state index contributed by atoms with van der Waals surface area (Å²) in [5.41, 5.74) is 0.0993. The summed E-state index contributed by atoms with van der Waals surface area (Å²) in [4.78, 5) is 24.4. The van der Waals surface area contributed by atoms with E-state index in [9.17, 15) is 14.7 Å². The number of ether oxygens (including phenoxy) is 1. The molecule has 0 aromatic carbocycles. The van der Waals surface area contributed by atoms with E-state index < -0.39 is 12.1 Å². The normalized spacial score (nSPS) is 12.1. The van der Waals surface area contributed by atoms with Crippen molar-refractivity contribution in [3.63, 3.8) is 0 Å². The third kappa shape index (κ3) is 3.55. The first kappa shape index (κ1) is 11.5. The van der Waals surface area contributed by atoms with Gasteiger partial charge in [-0.15, -0.1) is 0 Å². The molecule has 0 saturated heterocycles. The van der Waals surface area contributed by atoms with Crippen LogP contribution in [0.3, 0.4) is 0 Å². The second kappa shape index (κ2) is 5.31. The second-order valence-electron chi connectivity index (χ2n) is 3.01. The maximum absolute atomic E-state index is 11.0. The van der Waals surface area contributed by atoms with Gasteiger partial charge in [-0.2, -0.15) is 0 Å². The Morgan fingerprint density at radius 2 is 2.40 bits per heavy atom. The Kier molecular flexibility index (Phi) is 4.05. The lowest BCUT2D eigenvalue weighted by Gasteiger charge is -2.09. The molecule has 0 radical (unpaired) electrons. The molecule has 5 nitrogen and oxygen atoms in total. The van der Waals surface area contributed by atoms with Gasteiger partial charge in [-0.05, 0) is 18.6 Å². The van der Waals surface area contributed by atoms with Crippen LogP contribution in [-0.4, -0.2) is 22.7 Å². The predicted octanol–water partition coefficient (Wildman–Crippen LogP) is 0.361. The van der Waals surface area contributed by atoms with Gasteiger partial charge in [0.25, 0.3) is 0 Å². The number of aliphatic hydroxyl groups is 1. The van der Waals surface area contributed by atoms with Crippen molar-refractivity contribution in [1.29, 1.82) is 0 Å². The number of pyridine rings is 1. The molecule has 2 N–H and O–H groups in total. The van der Waals surface area contributed by atoms with E-state index in [4.69, 9.17) is 0 Å². The molecule has 0 spiro atoms. The van der Waals surface area contributed by atoms with Crippen molar-refractivity contribution >= 4 is 5.97 Å². The van der Waals surface area contributed by atoms with Crippen molar-refractivity contribution in [2.75, 3.05) is 6.61 Å². The molecule has 1 unspecified atom stereocenters. The molecule has 0 aliphatic heterocycles. The van der Waals surface area contributed by atoms with E-state index in [1.807, 2.05) is 0 Å². The third-order valence-corrected chi connectivity index (χ3v) is 1.85. The molecule has 82 valence electrons. The molecular weight excluding hydrogens is 198 g/mol. The van der Waals surface area contributed by atoms with E-state index in [0.717, 1.165) is 0 Å². The van der Waals surface area contributed by atoms with Gasteiger partial charge >= 0.3 is 5.97 Å². The van der Waals surface area contributed by atoms with Crippen molar-refractivity contribution in [1.82, 2.24) is 4.98 Å². The first-order chi connectivity index (χ1) is 7.13. The minimum absolute atomic E-state index is 0.142. The molecule has 1 rings (SSSR count). The van der Waals surface area contributed by atoms with Crippen molar-refractivity contribution in [2.24, 2.45) is 0 Å². The van der Waals surface area contributed by atoms with Gasteiger partial charge in [-0.3, -0.25) is 9.59 Å². The quantitative estimate of drug-likeness (QED) is 0.705. The Labute approximate surface area is 86.7 Å². The van der Waals surface area contributed by atoms with E-state index in [1.165, 1.54) is 12.3 Å². The molecule has 1 atom stereocenters. The first-order valence-corrected chi connectivity index (χ1v) is 4.65. The molecule has 1 aromatic rings. The van der Waals surface area contributed by atoms with Crippen LogP contribution in [-0.2, 0) is 9.53 Å². The van der Waals surface area contributed by atoms with Crippen LogP contribution in [0, 0.1) is 0 Å². The van der Waals surface area contributed by atoms with Crippen molar-refractivity contribution in [3.05, 3.63) is 34.2 Å². The van der Waals surface area contributed by atoms with Crippen molar-refractivity contribution in [3.8, 4) is 0 Å². The number of hydrogen-bond donors (Lipinski definition) is 2. The number of aliphatic hydroxyl groups excluding tert-OH is 1. The number of aromatic nitrogens is 1. The summed E-state index contributed by atoms with van der Waals surface area (Å²) in [7, 11) is 0. The molecule has 0 saturated carbocycles. The van der Waals surface area contributed by atoms with Gasteiger partial charge in [0.2, 0.25) is 5.56 Å². The molecule has 5 heteroatoms. The number of H-pyrrole nitrogens is 1. The highest BCUT2D eigenvalue weighted by Crippen LogP contribution is 2.14. The standard InChI is InChI=1S/C10H13NO4/c1-2-15-10(14)6-8(12)7-3-4-11-9(13)5-7/h3-5,8,12H,2,6H2,1H3,(H,11,13). The van der Waals surface area contributed by atoms with Crippen LogP contribution < -0.4 is 5.56 Å². The van der Waals surface area contributed by atoms with Crippen LogP contribution in [0.1, 0.15) is 25.0 Å². The third-order valence-electron chi connectivity index (χ3n) is 1.85. The van der Waals surface area contributed by atoms with Crippen LogP contribution >= 0.6 is 0 Å². The van der Waals surface area contributed by atoms with Gasteiger partial charge < -0.3 is 14.8 Å². The topological polar surface area (TPSA) is 79.4 Å². The zero-order valence-corrected chi connectivity index (χ0v) is 8.40. The number of aromatic amines is 1. The maximum atomic E-state index is 11.0. The molecule has 1 heterocycles. The van der Waals surface area contributed by atoms with E-state index in [-0.39, 0.29) is 18.6 Å². The smallest absolute Gasteiger partial charge is 0.308 e. The zero-order chi connectivity index (χ0) is 11.3. The average molecular weight is 211 g/mol. The second-order valence-corrected chi connectivity index (χ2v) is 3.01. The predicted molar refractivity (Wildman–Crippen MR) is 53.3 cm³/mol. The summed E-state index contributed by atoms with van der Waals surface area (Å²) in [5, 5.41) is 9.59. The zero-order valence-electron chi connectivity index (χ0n) is 8.40. The minimum Gasteiger partial charge on any atom is -0.466 e. The van der Waals surface area contributed by atoms with E-state index in [0.29, 0.717) is 5.56 Å². The van der Waals surface area contributed by atoms with Crippen LogP contribution in [0.25, 0.3) is 0 Å². The summed E-state index contributed by atoms with van der Waals surface area (Å²) < 4.78 is 4.68. The molecule has 0 aliphatic rings. The van der Waals surface area contributed by atoms with Crippen molar-refractivity contribution in [2.45, 2.75) is 19.4 Å². The number of nitrogens with one attached hydrogen (secondary N) is 1. The largest absolute Gasteiger partial charge is 0.466 e. The number of hydrogen-bond acceptors (Lipinski definition) is 4. The lowest BCUT2D eigenvalue weighted by atomic mass is 10.1. The highest BCUT2D eigenvalue weighted by Gasteiger charge is 2.13. The SMILES string of the molecule is CCOC(=O)CC(O)c1cc[nH]c(=O)c1. The maximum Gasteiger partial charge on any atom is 0.308 e. The highest BCUT2D eigenvalue weighted by atomic mass is 16.5. The first-order valence-electron chi connectivity index (χ1n) is 4.65. The van der Waals surface area contributed by atoms with Crippen LogP contribution in [0.5, 0.6) is 0 Å². The molecule has 0 amide bonds. The van der Waals surface area contributed by atoms with Gasteiger partial charge in [0.1, 0.15) is 0 Å². The Balaban J connectivity index is 2.64. The number of carbonyl (C=O) groups is 1. The van der Waals surface area contributed by atoms with E-state index >= 15 is 0 Å². The fraction of sp³-hybridized carbons (Fsp3) is 0.400.